The molecule has 8 heteroatoms. The first-order chi connectivity index (χ1) is 18.4. The molecule has 1 aliphatic carbocycles. The van der Waals surface area contributed by atoms with Gasteiger partial charge >= 0.3 is 5.97 Å². The molecule has 4 rings (SSSR count). The molecule has 0 saturated carbocycles. The number of hydrogen-bond donors (Lipinski definition) is 3. The molecule has 0 atom stereocenters. The number of allylic oxidation sites excluding steroid dienone is 3. The molecule has 0 heterocycles. The van der Waals surface area contributed by atoms with Crippen LogP contribution in [0.25, 0.3) is 11.1 Å². The van der Waals surface area contributed by atoms with Crippen LogP contribution in [0.15, 0.2) is 108 Å². The number of methoxy groups -OCH3 is 2. The van der Waals surface area contributed by atoms with E-state index in [-0.39, 0.29) is 17.2 Å². The van der Waals surface area contributed by atoms with Gasteiger partial charge < -0.3 is 25.2 Å². The second-order valence-corrected chi connectivity index (χ2v) is 8.35. The van der Waals surface area contributed by atoms with Crippen LogP contribution in [0.1, 0.15) is 37.5 Å². The molecule has 0 aromatic heterocycles. The van der Waals surface area contributed by atoms with E-state index in [1.807, 2.05) is 12.1 Å². The zero-order chi connectivity index (χ0) is 27.1. The second-order valence-electron chi connectivity index (χ2n) is 8.35. The Morgan fingerprint density at radius 3 is 2.05 bits per heavy atom. The van der Waals surface area contributed by atoms with Gasteiger partial charge in [-0.05, 0) is 65.7 Å². The number of benzene rings is 3. The van der Waals surface area contributed by atoms with Gasteiger partial charge in [-0.25, -0.2) is 4.79 Å². The maximum atomic E-state index is 12.9. The van der Waals surface area contributed by atoms with Crippen LogP contribution in [-0.4, -0.2) is 37.1 Å². The van der Waals surface area contributed by atoms with E-state index in [2.05, 4.69) is 10.6 Å². The van der Waals surface area contributed by atoms with Gasteiger partial charge in [-0.1, -0.05) is 36.4 Å². The minimum Gasteiger partial charge on any atom is -0.508 e. The van der Waals surface area contributed by atoms with Crippen LogP contribution in [0.2, 0.25) is 0 Å². The molecule has 192 valence electrons. The number of esters is 1. The Morgan fingerprint density at radius 1 is 0.763 bits per heavy atom. The largest absolute Gasteiger partial charge is 0.508 e. The Hall–Kier alpha value is -5.11. The predicted octanol–water partition coefficient (Wildman–Crippen LogP) is 4.71. The summed E-state index contributed by atoms with van der Waals surface area (Å²) in [7, 11) is 2.78. The van der Waals surface area contributed by atoms with Gasteiger partial charge in [-0.2, -0.15) is 0 Å². The van der Waals surface area contributed by atoms with E-state index >= 15 is 0 Å². The maximum Gasteiger partial charge on any atom is 0.337 e. The van der Waals surface area contributed by atoms with Crippen molar-refractivity contribution in [2.75, 3.05) is 14.2 Å². The summed E-state index contributed by atoms with van der Waals surface area (Å²) in [5.74, 6) is -0.591. The summed E-state index contributed by atoms with van der Waals surface area (Å²) in [5.41, 5.74) is 3.92. The first-order valence-electron chi connectivity index (χ1n) is 11.7. The van der Waals surface area contributed by atoms with Gasteiger partial charge in [0, 0.05) is 23.2 Å². The molecule has 8 nitrogen and oxygen atoms in total. The summed E-state index contributed by atoms with van der Waals surface area (Å²) in [6.45, 7) is 0. The molecule has 3 aromatic rings. The smallest absolute Gasteiger partial charge is 0.337 e. The van der Waals surface area contributed by atoms with Gasteiger partial charge in [0.1, 0.15) is 11.5 Å². The molecular formula is C30H26N2O6. The summed E-state index contributed by atoms with van der Waals surface area (Å²) in [5, 5.41) is 15.2. The minimum absolute atomic E-state index is 0.189. The third kappa shape index (κ3) is 6.17. The molecule has 38 heavy (non-hydrogen) atoms. The number of phenolic OH excluding ortho intramolecular Hbond substituents is 1. The number of aromatic hydroxyl groups is 1. The lowest BCUT2D eigenvalue weighted by atomic mass is 10.0. The fraction of sp³-hybridized carbons (Fsp3) is 0.100. The Kier molecular flexibility index (Phi) is 8.03. The molecule has 0 aliphatic heterocycles. The predicted molar refractivity (Wildman–Crippen MR) is 142 cm³/mol. The Labute approximate surface area is 219 Å². The van der Waals surface area contributed by atoms with Crippen molar-refractivity contribution >= 4 is 17.8 Å². The van der Waals surface area contributed by atoms with E-state index in [4.69, 9.17) is 9.47 Å². The molecular weight excluding hydrogens is 484 g/mol. The minimum atomic E-state index is -0.530. The van der Waals surface area contributed by atoms with Crippen LogP contribution in [0.4, 0.5) is 0 Å². The molecule has 0 bridgehead atoms. The molecule has 2 amide bonds. The van der Waals surface area contributed by atoms with Crippen molar-refractivity contribution in [3.05, 3.63) is 125 Å². The molecule has 0 spiro atoms. The quantitative estimate of drug-likeness (QED) is 0.397. The number of carbonyl (C=O) groups is 3. The van der Waals surface area contributed by atoms with Crippen LogP contribution in [0.3, 0.4) is 0 Å². The van der Waals surface area contributed by atoms with E-state index in [1.165, 1.54) is 20.3 Å². The number of amides is 2. The van der Waals surface area contributed by atoms with Crippen LogP contribution < -0.4 is 10.6 Å². The van der Waals surface area contributed by atoms with E-state index in [0.29, 0.717) is 34.7 Å². The number of phenols is 1. The summed E-state index contributed by atoms with van der Waals surface area (Å²) < 4.78 is 10.2. The Morgan fingerprint density at radius 2 is 1.39 bits per heavy atom. The number of ether oxygens (including phenoxy) is 2. The van der Waals surface area contributed by atoms with Crippen molar-refractivity contribution in [1.82, 2.24) is 10.6 Å². The topological polar surface area (TPSA) is 114 Å². The van der Waals surface area contributed by atoms with E-state index in [1.54, 1.807) is 72.8 Å². The van der Waals surface area contributed by atoms with Gasteiger partial charge in [-0.3, -0.25) is 9.59 Å². The van der Waals surface area contributed by atoms with Crippen LogP contribution in [0.5, 0.6) is 5.75 Å². The van der Waals surface area contributed by atoms with Crippen molar-refractivity contribution in [2.45, 2.75) is 6.42 Å². The molecule has 0 unspecified atom stereocenters. The molecule has 0 saturated heterocycles. The lowest BCUT2D eigenvalue weighted by Crippen LogP contribution is -2.24. The van der Waals surface area contributed by atoms with Crippen molar-refractivity contribution < 1.29 is 29.0 Å². The van der Waals surface area contributed by atoms with Gasteiger partial charge in [0.15, 0.2) is 0 Å². The Bertz CT molecular complexity index is 1450. The maximum absolute atomic E-state index is 12.9. The highest BCUT2D eigenvalue weighted by molar-refractivity contribution is 5.99. The molecule has 3 aromatic carbocycles. The molecule has 3 N–H and O–H groups in total. The second kappa shape index (κ2) is 11.7. The standard InChI is InChI=1S/C30H26N2O6/c1-37-27-17-13-24(31-29(35)22-4-3-5-23(18-22)30(36)38-2)12-16-26(27)32-28(34)21-8-6-19(7-9-21)20-10-14-25(33)15-11-20/h3-15,17-18,33H,16H2,1-2H3,(H,31,35)(H,32,34). The van der Waals surface area contributed by atoms with Crippen molar-refractivity contribution in [2.24, 2.45) is 0 Å². The van der Waals surface area contributed by atoms with Crippen molar-refractivity contribution in [1.29, 1.82) is 0 Å². The van der Waals surface area contributed by atoms with Gasteiger partial charge in [0.2, 0.25) is 0 Å². The number of hydrogen-bond acceptors (Lipinski definition) is 6. The average molecular weight is 511 g/mol. The summed E-state index contributed by atoms with van der Waals surface area (Å²) in [4.78, 5) is 37.5. The molecule has 1 aliphatic rings. The van der Waals surface area contributed by atoms with Crippen LogP contribution >= 0.6 is 0 Å². The highest BCUT2D eigenvalue weighted by Crippen LogP contribution is 2.23. The number of rotatable bonds is 7. The molecule has 0 fully saturated rings. The highest BCUT2D eigenvalue weighted by Gasteiger charge is 2.16. The summed E-state index contributed by atoms with van der Waals surface area (Å²) in [6, 6.07) is 20.2. The van der Waals surface area contributed by atoms with Gasteiger partial charge in [-0.15, -0.1) is 0 Å². The van der Waals surface area contributed by atoms with E-state index in [0.717, 1.165) is 11.1 Å². The summed E-state index contributed by atoms with van der Waals surface area (Å²) in [6.07, 6.45) is 5.39. The zero-order valence-electron chi connectivity index (χ0n) is 20.9. The third-order valence-electron chi connectivity index (χ3n) is 5.87. The van der Waals surface area contributed by atoms with Gasteiger partial charge in [0.05, 0.1) is 25.5 Å². The summed E-state index contributed by atoms with van der Waals surface area (Å²) >= 11 is 0. The fourth-order valence-corrected chi connectivity index (χ4v) is 3.83. The first kappa shape index (κ1) is 26.0. The lowest BCUT2D eigenvalue weighted by molar-refractivity contribution is 0.0600. The molecule has 0 radical (unpaired) electrons. The zero-order valence-corrected chi connectivity index (χ0v) is 20.9. The highest BCUT2D eigenvalue weighted by atomic mass is 16.5. The average Bonchev–Trinajstić information content (AvgIpc) is 3.14. The van der Waals surface area contributed by atoms with Crippen LogP contribution in [-0.2, 0) is 9.47 Å². The van der Waals surface area contributed by atoms with E-state index < -0.39 is 11.9 Å². The van der Waals surface area contributed by atoms with Crippen LogP contribution in [0, 0.1) is 0 Å². The monoisotopic (exact) mass is 510 g/mol. The van der Waals surface area contributed by atoms with Crippen molar-refractivity contribution in [3.8, 4) is 16.9 Å². The normalized spacial score (nSPS) is 12.7. The third-order valence-corrected chi connectivity index (χ3v) is 5.87. The lowest BCUT2D eigenvalue weighted by Gasteiger charge is -2.12. The van der Waals surface area contributed by atoms with E-state index in [9.17, 15) is 19.5 Å². The number of nitrogens with one attached hydrogen (secondary N) is 2. The SMILES string of the molecule is COC(=O)c1cccc(C(=O)NC2=CCC(NC(=O)c3ccc(-c4ccc(O)cc4)cc3)=C(OC)C=C2)c1. The first-order valence-corrected chi connectivity index (χ1v) is 11.7. The number of carbonyl (C=O) groups excluding carboxylic acids is 3. The van der Waals surface area contributed by atoms with Crippen molar-refractivity contribution in [3.63, 3.8) is 0 Å². The fourth-order valence-electron chi connectivity index (χ4n) is 3.83. The Balaban J connectivity index is 1.43. The van der Waals surface area contributed by atoms with Gasteiger partial charge in [0.25, 0.3) is 11.8 Å².